The molecule has 2 saturated carbocycles. The van der Waals surface area contributed by atoms with Gasteiger partial charge in [-0.15, -0.1) is 0 Å². The van der Waals surface area contributed by atoms with Crippen LogP contribution in [0.4, 0.5) is 4.79 Å². The molecule has 0 aromatic carbocycles. The van der Waals surface area contributed by atoms with Gasteiger partial charge in [-0.3, -0.25) is 0 Å². The average Bonchev–Trinajstić information content (AvgIpc) is 2.55. The molecule has 25 heavy (non-hydrogen) atoms. The van der Waals surface area contributed by atoms with Gasteiger partial charge in [0, 0.05) is 12.1 Å². The topological polar surface area (TPSA) is 29.5 Å². The second kappa shape index (κ2) is 9.28. The molecule has 2 rings (SSSR count). The summed E-state index contributed by atoms with van der Waals surface area (Å²) in [6, 6.07) is 0.789. The quantitative estimate of drug-likeness (QED) is 0.543. The lowest BCUT2D eigenvalue weighted by molar-refractivity contribution is -0.0181. The maximum Gasteiger partial charge on any atom is 0.410 e. The lowest BCUT2D eigenvalue weighted by Crippen LogP contribution is -2.51. The van der Waals surface area contributed by atoms with Crippen molar-refractivity contribution >= 4 is 6.09 Å². The zero-order valence-corrected chi connectivity index (χ0v) is 17.4. The third kappa shape index (κ3) is 6.18. The summed E-state index contributed by atoms with van der Waals surface area (Å²) < 4.78 is 5.96. The van der Waals surface area contributed by atoms with Gasteiger partial charge in [0.2, 0.25) is 0 Å². The summed E-state index contributed by atoms with van der Waals surface area (Å²) in [5, 5.41) is 0. The van der Waals surface area contributed by atoms with Crippen LogP contribution in [-0.2, 0) is 4.74 Å². The molecular formula is C22H41NO2. The van der Waals surface area contributed by atoms with Crippen molar-refractivity contribution in [1.29, 1.82) is 0 Å². The van der Waals surface area contributed by atoms with Crippen LogP contribution in [0.2, 0.25) is 0 Å². The van der Waals surface area contributed by atoms with Gasteiger partial charge in [0.05, 0.1) is 0 Å². The highest BCUT2D eigenvalue weighted by molar-refractivity contribution is 5.69. The van der Waals surface area contributed by atoms with Gasteiger partial charge in [-0.25, -0.2) is 4.79 Å². The Labute approximate surface area is 155 Å². The molecule has 0 aromatic heterocycles. The molecule has 0 radical (unpaired) electrons. The molecule has 1 amide bonds. The van der Waals surface area contributed by atoms with Gasteiger partial charge >= 0.3 is 6.09 Å². The Morgan fingerprint density at radius 2 is 1.68 bits per heavy atom. The van der Waals surface area contributed by atoms with E-state index in [0.29, 0.717) is 12.1 Å². The molecule has 0 aliphatic heterocycles. The maximum absolute atomic E-state index is 13.1. The van der Waals surface area contributed by atoms with Gasteiger partial charge in [-0.1, -0.05) is 52.9 Å². The van der Waals surface area contributed by atoms with Crippen LogP contribution in [-0.4, -0.2) is 28.7 Å². The van der Waals surface area contributed by atoms with E-state index >= 15 is 0 Å². The van der Waals surface area contributed by atoms with Crippen molar-refractivity contribution in [3.8, 4) is 0 Å². The number of carbonyl (C=O) groups is 1. The van der Waals surface area contributed by atoms with Crippen molar-refractivity contribution in [1.82, 2.24) is 4.90 Å². The highest BCUT2D eigenvalue weighted by Crippen LogP contribution is 2.36. The number of hydrogen-bond acceptors (Lipinski definition) is 2. The Bertz CT molecular complexity index is 412. The first kappa shape index (κ1) is 20.6. The van der Waals surface area contributed by atoms with E-state index < -0.39 is 0 Å². The predicted octanol–water partition coefficient (Wildman–Crippen LogP) is 6.55. The fourth-order valence-corrected chi connectivity index (χ4v) is 4.71. The summed E-state index contributed by atoms with van der Waals surface area (Å²) in [4.78, 5) is 15.3. The first-order valence-electron chi connectivity index (χ1n) is 10.8. The lowest BCUT2D eigenvalue weighted by Gasteiger charge is -2.44. The summed E-state index contributed by atoms with van der Waals surface area (Å²) in [6.07, 6.45) is 13.2. The van der Waals surface area contributed by atoms with Crippen molar-refractivity contribution in [3.05, 3.63) is 0 Å². The number of rotatable bonds is 6. The fraction of sp³-hybridized carbons (Fsp3) is 0.955. The van der Waals surface area contributed by atoms with Crippen molar-refractivity contribution in [2.45, 2.75) is 123 Å². The van der Waals surface area contributed by atoms with Gasteiger partial charge in [0.1, 0.15) is 5.60 Å². The molecule has 3 nitrogen and oxygen atoms in total. The number of ether oxygens (including phenoxy) is 1. The van der Waals surface area contributed by atoms with Crippen LogP contribution >= 0.6 is 0 Å². The first-order chi connectivity index (χ1) is 11.8. The van der Waals surface area contributed by atoms with E-state index in [9.17, 15) is 4.79 Å². The highest BCUT2D eigenvalue weighted by atomic mass is 16.6. The molecule has 0 N–H and O–H groups in total. The van der Waals surface area contributed by atoms with Gasteiger partial charge in [0.15, 0.2) is 0 Å². The third-order valence-corrected chi connectivity index (χ3v) is 6.35. The van der Waals surface area contributed by atoms with Gasteiger partial charge in [-0.2, -0.15) is 0 Å². The third-order valence-electron chi connectivity index (χ3n) is 6.35. The highest BCUT2D eigenvalue weighted by Gasteiger charge is 2.37. The van der Waals surface area contributed by atoms with Crippen molar-refractivity contribution in [3.63, 3.8) is 0 Å². The van der Waals surface area contributed by atoms with Crippen LogP contribution in [0.1, 0.15) is 105 Å². The summed E-state index contributed by atoms with van der Waals surface area (Å²) in [5.74, 6) is 1.52. The first-order valence-corrected chi connectivity index (χ1v) is 10.8. The minimum Gasteiger partial charge on any atom is -0.443 e. The van der Waals surface area contributed by atoms with Crippen LogP contribution in [0, 0.1) is 11.8 Å². The number of nitrogens with zero attached hydrogens (tertiary/aromatic N) is 1. The van der Waals surface area contributed by atoms with E-state index in [2.05, 4.69) is 25.7 Å². The largest absolute Gasteiger partial charge is 0.443 e. The minimum absolute atomic E-state index is 0.0473. The van der Waals surface area contributed by atoms with E-state index in [1.165, 1.54) is 44.9 Å². The fourth-order valence-electron chi connectivity index (χ4n) is 4.71. The van der Waals surface area contributed by atoms with E-state index in [1.54, 1.807) is 0 Å². The van der Waals surface area contributed by atoms with Crippen LogP contribution < -0.4 is 0 Å². The van der Waals surface area contributed by atoms with Crippen molar-refractivity contribution < 1.29 is 9.53 Å². The summed E-state index contributed by atoms with van der Waals surface area (Å²) >= 11 is 0. The minimum atomic E-state index is -0.365. The van der Waals surface area contributed by atoms with Gasteiger partial charge < -0.3 is 9.64 Å². The summed E-state index contributed by atoms with van der Waals surface area (Å²) in [5.41, 5.74) is -0.365. The summed E-state index contributed by atoms with van der Waals surface area (Å²) in [6.45, 7) is 10.8. The normalized spacial score (nSPS) is 25.8. The van der Waals surface area contributed by atoms with Crippen LogP contribution in [0.25, 0.3) is 0 Å². The zero-order chi connectivity index (χ0) is 18.4. The molecule has 0 spiro atoms. The Kier molecular flexibility index (Phi) is 7.64. The second-order valence-electron chi connectivity index (χ2n) is 9.50. The molecule has 0 aromatic rings. The Morgan fingerprint density at radius 3 is 2.28 bits per heavy atom. The molecular weight excluding hydrogens is 310 g/mol. The molecule has 0 saturated heterocycles. The van der Waals surface area contributed by atoms with E-state index in [-0.39, 0.29) is 11.7 Å². The van der Waals surface area contributed by atoms with E-state index in [1.807, 2.05) is 13.8 Å². The SMILES string of the molecule is CCC(C)(C)OC(=O)N(C1CCCCC1)C1CCCC(CC(C)C)C1. The van der Waals surface area contributed by atoms with Crippen molar-refractivity contribution in [2.75, 3.05) is 0 Å². The van der Waals surface area contributed by atoms with E-state index in [0.717, 1.165) is 37.5 Å². The molecule has 0 bridgehead atoms. The number of hydrogen-bond donors (Lipinski definition) is 0. The summed E-state index contributed by atoms with van der Waals surface area (Å²) in [7, 11) is 0. The van der Waals surface area contributed by atoms with E-state index in [4.69, 9.17) is 4.74 Å². The average molecular weight is 352 g/mol. The molecule has 146 valence electrons. The smallest absolute Gasteiger partial charge is 0.410 e. The lowest BCUT2D eigenvalue weighted by atomic mass is 9.79. The van der Waals surface area contributed by atoms with Crippen LogP contribution in [0.5, 0.6) is 0 Å². The molecule has 2 fully saturated rings. The molecule has 2 aliphatic carbocycles. The zero-order valence-electron chi connectivity index (χ0n) is 17.4. The van der Waals surface area contributed by atoms with Gasteiger partial charge in [0.25, 0.3) is 0 Å². The monoisotopic (exact) mass is 351 g/mol. The predicted molar refractivity (Wildman–Crippen MR) is 105 cm³/mol. The van der Waals surface area contributed by atoms with Crippen LogP contribution in [0.15, 0.2) is 0 Å². The Hall–Kier alpha value is -0.730. The van der Waals surface area contributed by atoms with Crippen molar-refractivity contribution in [2.24, 2.45) is 11.8 Å². The number of amides is 1. The maximum atomic E-state index is 13.1. The Balaban J connectivity index is 2.11. The molecule has 2 unspecified atom stereocenters. The molecule has 2 aliphatic rings. The standard InChI is InChI=1S/C22H41NO2/c1-6-22(4,5)25-21(24)23(19-12-8-7-9-13-19)20-14-10-11-18(16-20)15-17(2)3/h17-20H,6-16H2,1-5H3. The number of carbonyl (C=O) groups excluding carboxylic acids is 1. The molecule has 2 atom stereocenters. The van der Waals surface area contributed by atoms with Gasteiger partial charge in [-0.05, 0) is 64.2 Å². The molecule has 0 heterocycles. The Morgan fingerprint density at radius 1 is 1.04 bits per heavy atom. The second-order valence-corrected chi connectivity index (χ2v) is 9.50. The molecule has 3 heteroatoms. The van der Waals surface area contributed by atoms with Crippen LogP contribution in [0.3, 0.4) is 0 Å².